The number of nitrogens with zero attached hydrogens (tertiary/aromatic N) is 1. The van der Waals surface area contributed by atoms with Crippen LogP contribution in [0.3, 0.4) is 0 Å². The molecular weight excluding hydrogens is 175 g/mol. The van der Waals surface area contributed by atoms with Crippen molar-refractivity contribution in [2.24, 2.45) is 0 Å². The van der Waals surface area contributed by atoms with E-state index in [-0.39, 0.29) is 5.76 Å². The third-order valence-electron chi connectivity index (χ3n) is 1.07. The number of aryl methyl sites for hydroxylation is 1. The van der Waals surface area contributed by atoms with Crippen LogP contribution in [0.2, 0.25) is 0 Å². The molecule has 3 nitrogen and oxygen atoms in total. The molecule has 0 N–H and O–H groups in total. The van der Waals surface area contributed by atoms with Crippen molar-refractivity contribution in [2.45, 2.75) is 13.1 Å². The van der Waals surface area contributed by atoms with Crippen LogP contribution in [-0.4, -0.2) is 16.9 Å². The summed E-state index contributed by atoms with van der Waals surface area (Å²) >= 11 is 0. The van der Waals surface area contributed by atoms with Gasteiger partial charge in [-0.15, -0.1) is 0 Å². The molecule has 0 fully saturated rings. The number of oxazole rings is 1. The Balaban J connectivity index is 2.93. The van der Waals surface area contributed by atoms with Crippen molar-refractivity contribution in [3.63, 3.8) is 0 Å². The summed E-state index contributed by atoms with van der Waals surface area (Å²) in [5.41, 5.74) is 0. The second-order valence-corrected chi connectivity index (χ2v) is 2.10. The summed E-state index contributed by atoms with van der Waals surface area (Å²) in [4.78, 5) is 13.5. The third-order valence-corrected chi connectivity index (χ3v) is 1.07. The van der Waals surface area contributed by atoms with E-state index < -0.39 is 17.9 Å². The average molecular weight is 179 g/mol. The van der Waals surface area contributed by atoms with Gasteiger partial charge >= 0.3 is 12.0 Å². The van der Waals surface area contributed by atoms with Crippen molar-refractivity contribution in [2.75, 3.05) is 0 Å². The Hall–Kier alpha value is -1.33. The fourth-order valence-electron chi connectivity index (χ4n) is 0.581. The smallest absolute Gasteiger partial charge is 0.439 e. The summed E-state index contributed by atoms with van der Waals surface area (Å²) in [7, 11) is 0. The highest BCUT2D eigenvalue weighted by atomic mass is 19.4. The molecule has 0 unspecified atom stereocenters. The van der Waals surface area contributed by atoms with Gasteiger partial charge in [0.2, 0.25) is 0 Å². The first kappa shape index (κ1) is 8.76. The van der Waals surface area contributed by atoms with Crippen molar-refractivity contribution in [1.82, 2.24) is 4.98 Å². The molecule has 1 heterocycles. The highest BCUT2D eigenvalue weighted by molar-refractivity contribution is 5.96. The maximum atomic E-state index is 11.7. The molecule has 0 radical (unpaired) electrons. The van der Waals surface area contributed by atoms with Crippen molar-refractivity contribution >= 4 is 5.78 Å². The van der Waals surface area contributed by atoms with E-state index >= 15 is 0 Å². The molecular formula is C6H4F3NO2. The van der Waals surface area contributed by atoms with Crippen LogP contribution in [0.5, 0.6) is 0 Å². The number of alkyl halides is 3. The van der Waals surface area contributed by atoms with Crippen molar-refractivity contribution in [1.29, 1.82) is 0 Å². The number of carbonyl (C=O) groups excluding carboxylic acids is 1. The number of halogens is 3. The largest absolute Gasteiger partial charge is 0.459 e. The zero-order valence-corrected chi connectivity index (χ0v) is 5.97. The Bertz CT molecular complexity index is 302. The van der Waals surface area contributed by atoms with E-state index in [1.165, 1.54) is 6.92 Å². The van der Waals surface area contributed by atoms with Crippen LogP contribution >= 0.6 is 0 Å². The van der Waals surface area contributed by atoms with Gasteiger partial charge in [0.1, 0.15) is 5.76 Å². The van der Waals surface area contributed by atoms with Crippen molar-refractivity contribution in [3.8, 4) is 0 Å². The Morgan fingerprint density at radius 2 is 2.17 bits per heavy atom. The minimum absolute atomic E-state index is 0.169. The number of ketones is 1. The predicted molar refractivity (Wildman–Crippen MR) is 31.6 cm³/mol. The van der Waals surface area contributed by atoms with Crippen LogP contribution in [0.25, 0.3) is 0 Å². The number of Topliss-reactive ketones (excluding diaryl/α,β-unsaturated/α-hetero) is 1. The Morgan fingerprint density at radius 3 is 2.50 bits per heavy atom. The summed E-state index contributed by atoms with van der Waals surface area (Å²) in [6, 6.07) is 0. The normalized spacial score (nSPS) is 11.7. The van der Waals surface area contributed by atoms with Gasteiger partial charge < -0.3 is 4.42 Å². The fraction of sp³-hybridized carbons (Fsp3) is 0.333. The Labute approximate surface area is 65.2 Å². The molecule has 0 saturated heterocycles. The molecule has 0 saturated carbocycles. The SMILES string of the molecule is Cc1cnc(C(=O)C(F)(F)F)o1. The first-order valence-electron chi connectivity index (χ1n) is 2.95. The maximum absolute atomic E-state index is 11.7. The number of carbonyl (C=O) groups is 1. The summed E-state index contributed by atoms with van der Waals surface area (Å²) in [6.07, 6.45) is -3.86. The van der Waals surface area contributed by atoms with E-state index in [9.17, 15) is 18.0 Å². The fourth-order valence-corrected chi connectivity index (χ4v) is 0.581. The molecule has 0 aliphatic heterocycles. The van der Waals surface area contributed by atoms with E-state index in [0.29, 0.717) is 0 Å². The zero-order chi connectivity index (χ0) is 9.35. The number of hydrogen-bond acceptors (Lipinski definition) is 3. The highest BCUT2D eigenvalue weighted by Crippen LogP contribution is 2.20. The molecule has 0 aliphatic carbocycles. The van der Waals surface area contributed by atoms with Crippen LogP contribution in [0, 0.1) is 6.92 Å². The van der Waals surface area contributed by atoms with Crippen molar-refractivity contribution in [3.05, 3.63) is 17.8 Å². The number of hydrogen-bond donors (Lipinski definition) is 0. The minimum atomic E-state index is -4.92. The molecule has 1 aromatic heterocycles. The molecule has 66 valence electrons. The Kier molecular flexibility index (Phi) is 1.91. The van der Waals surface area contributed by atoms with Gasteiger partial charge in [0.15, 0.2) is 0 Å². The van der Waals surface area contributed by atoms with Crippen LogP contribution in [0.4, 0.5) is 13.2 Å². The lowest BCUT2D eigenvalue weighted by atomic mass is 10.4. The molecule has 1 aromatic rings. The standard InChI is InChI=1S/C6H4F3NO2/c1-3-2-10-5(12-3)4(11)6(7,8)9/h2H,1H3. The van der Waals surface area contributed by atoms with Gasteiger partial charge in [-0.25, -0.2) is 4.98 Å². The molecule has 6 heteroatoms. The summed E-state index contributed by atoms with van der Waals surface area (Å²) in [5, 5.41) is 0. The van der Waals surface area contributed by atoms with Crippen LogP contribution in [0.15, 0.2) is 10.6 Å². The summed E-state index contributed by atoms with van der Waals surface area (Å²) in [5.74, 6) is -2.81. The van der Waals surface area contributed by atoms with Gasteiger partial charge in [0.05, 0.1) is 6.20 Å². The monoisotopic (exact) mass is 179 g/mol. The van der Waals surface area contributed by atoms with Gasteiger partial charge in [-0.3, -0.25) is 4.79 Å². The van der Waals surface area contributed by atoms with Gasteiger partial charge in [-0.2, -0.15) is 13.2 Å². The lowest BCUT2D eigenvalue weighted by molar-refractivity contribution is -0.0903. The molecule has 0 amide bonds. The van der Waals surface area contributed by atoms with Crippen molar-refractivity contribution < 1.29 is 22.4 Å². The van der Waals surface area contributed by atoms with Gasteiger partial charge in [0, 0.05) is 0 Å². The highest BCUT2D eigenvalue weighted by Gasteiger charge is 2.42. The molecule has 1 rings (SSSR count). The van der Waals surface area contributed by atoms with Gasteiger partial charge in [-0.1, -0.05) is 0 Å². The molecule has 12 heavy (non-hydrogen) atoms. The molecule has 0 aliphatic rings. The second kappa shape index (κ2) is 2.62. The first-order chi connectivity index (χ1) is 5.41. The average Bonchev–Trinajstić information content (AvgIpc) is 2.32. The molecule has 0 bridgehead atoms. The topological polar surface area (TPSA) is 43.1 Å². The third kappa shape index (κ3) is 1.63. The zero-order valence-electron chi connectivity index (χ0n) is 5.97. The van der Waals surface area contributed by atoms with E-state index in [4.69, 9.17) is 0 Å². The molecule has 0 spiro atoms. The van der Waals surface area contributed by atoms with Crippen LogP contribution in [-0.2, 0) is 0 Å². The minimum Gasteiger partial charge on any atom is -0.439 e. The lowest BCUT2D eigenvalue weighted by Crippen LogP contribution is -2.22. The van der Waals surface area contributed by atoms with E-state index in [0.717, 1.165) is 6.20 Å². The van der Waals surface area contributed by atoms with Crippen LogP contribution in [0.1, 0.15) is 16.4 Å². The summed E-state index contributed by atoms with van der Waals surface area (Å²) in [6.45, 7) is 1.40. The van der Waals surface area contributed by atoms with E-state index in [1.54, 1.807) is 0 Å². The molecule has 0 aromatic carbocycles. The second-order valence-electron chi connectivity index (χ2n) is 2.10. The Morgan fingerprint density at radius 1 is 1.58 bits per heavy atom. The quantitative estimate of drug-likeness (QED) is 0.616. The predicted octanol–water partition coefficient (Wildman–Crippen LogP) is 1.73. The van der Waals surface area contributed by atoms with E-state index in [2.05, 4.69) is 9.40 Å². The van der Waals surface area contributed by atoms with Gasteiger partial charge in [0.25, 0.3) is 5.89 Å². The van der Waals surface area contributed by atoms with E-state index in [1.807, 2.05) is 0 Å². The van der Waals surface area contributed by atoms with Crippen LogP contribution < -0.4 is 0 Å². The lowest BCUT2D eigenvalue weighted by Gasteiger charge is -1.99. The number of aromatic nitrogens is 1. The molecule has 0 atom stereocenters. The maximum Gasteiger partial charge on any atom is 0.459 e. The van der Waals surface area contributed by atoms with Gasteiger partial charge in [-0.05, 0) is 6.92 Å². The number of rotatable bonds is 1. The summed E-state index contributed by atoms with van der Waals surface area (Å²) < 4.78 is 39.5. The first-order valence-corrected chi connectivity index (χ1v) is 2.95.